The maximum Gasteiger partial charge on any atom is 0.311 e. The van der Waals surface area contributed by atoms with Crippen LogP contribution in [0.4, 0.5) is 0 Å². The molecule has 0 radical (unpaired) electrons. The second kappa shape index (κ2) is 6.72. The highest BCUT2D eigenvalue weighted by molar-refractivity contribution is 7.10. The number of hydrogen-bond donors (Lipinski definition) is 0. The fraction of sp³-hybridized carbons (Fsp3) is 0.688. The lowest BCUT2D eigenvalue weighted by molar-refractivity contribution is -0.145. The van der Waals surface area contributed by atoms with E-state index in [1.807, 2.05) is 17.5 Å². The summed E-state index contributed by atoms with van der Waals surface area (Å²) in [5, 5.41) is 2.00. The maximum absolute atomic E-state index is 11.9. The normalized spacial score (nSPS) is 27.0. The van der Waals surface area contributed by atoms with Gasteiger partial charge in [-0.15, -0.1) is 11.3 Å². The highest BCUT2D eigenvalue weighted by atomic mass is 32.1. The van der Waals surface area contributed by atoms with Crippen molar-refractivity contribution in [2.24, 2.45) is 5.92 Å². The monoisotopic (exact) mass is 293 g/mol. The van der Waals surface area contributed by atoms with E-state index in [1.54, 1.807) is 11.3 Å². The van der Waals surface area contributed by atoms with Gasteiger partial charge in [0.25, 0.3) is 0 Å². The molecule has 2 saturated heterocycles. The minimum Gasteiger partial charge on any atom is -0.465 e. The van der Waals surface area contributed by atoms with Gasteiger partial charge in [-0.1, -0.05) is 12.5 Å². The molecule has 0 bridgehead atoms. The first kappa shape index (κ1) is 14.1. The number of rotatable bonds is 4. The summed E-state index contributed by atoms with van der Waals surface area (Å²) in [6, 6.07) is 4.64. The zero-order valence-electron chi connectivity index (χ0n) is 11.9. The Bertz CT molecular complexity index is 430. The van der Waals surface area contributed by atoms with Gasteiger partial charge in [0.2, 0.25) is 0 Å². The predicted molar refractivity (Wildman–Crippen MR) is 80.9 cm³/mol. The molecule has 2 fully saturated rings. The molecule has 0 aliphatic carbocycles. The van der Waals surface area contributed by atoms with E-state index >= 15 is 0 Å². The van der Waals surface area contributed by atoms with E-state index in [4.69, 9.17) is 4.74 Å². The van der Waals surface area contributed by atoms with Crippen LogP contribution in [0.5, 0.6) is 0 Å². The van der Waals surface area contributed by atoms with Gasteiger partial charge >= 0.3 is 5.97 Å². The van der Waals surface area contributed by atoms with Crippen molar-refractivity contribution in [1.29, 1.82) is 0 Å². The molecule has 2 unspecified atom stereocenters. The molecule has 0 amide bonds. The summed E-state index contributed by atoms with van der Waals surface area (Å²) in [5.41, 5.74) is 0. The predicted octanol–water partition coefficient (Wildman–Crippen LogP) is 3.10. The smallest absolute Gasteiger partial charge is 0.311 e. The number of nitrogens with zero attached hydrogens (tertiary/aromatic N) is 1. The average molecular weight is 293 g/mol. The summed E-state index contributed by atoms with van der Waals surface area (Å²) in [7, 11) is 0. The summed E-state index contributed by atoms with van der Waals surface area (Å²) in [4.78, 5) is 15.6. The van der Waals surface area contributed by atoms with Gasteiger partial charge in [-0.05, 0) is 50.2 Å². The van der Waals surface area contributed by atoms with E-state index in [0.29, 0.717) is 25.0 Å². The van der Waals surface area contributed by atoms with Crippen LogP contribution in [0.15, 0.2) is 17.5 Å². The Morgan fingerprint density at radius 2 is 2.20 bits per heavy atom. The fourth-order valence-electron chi connectivity index (χ4n) is 3.58. The lowest BCUT2D eigenvalue weighted by Gasteiger charge is -2.44. The lowest BCUT2D eigenvalue weighted by Crippen LogP contribution is -2.49. The SMILES string of the molecule is O=C(Cc1cccs1)OCC1CCCN2CCCCC12. The first-order valence-electron chi connectivity index (χ1n) is 7.75. The van der Waals surface area contributed by atoms with Crippen LogP contribution >= 0.6 is 11.3 Å². The molecule has 0 N–H and O–H groups in total. The third-order valence-electron chi connectivity index (χ3n) is 4.59. The zero-order chi connectivity index (χ0) is 13.8. The molecule has 0 spiro atoms. The molecule has 0 aromatic carbocycles. The van der Waals surface area contributed by atoms with Crippen LogP contribution in [0.3, 0.4) is 0 Å². The van der Waals surface area contributed by atoms with Gasteiger partial charge in [0, 0.05) is 16.8 Å². The molecule has 1 aromatic rings. The lowest BCUT2D eigenvalue weighted by atomic mass is 9.84. The molecule has 2 aliphatic rings. The summed E-state index contributed by atoms with van der Waals surface area (Å²) >= 11 is 1.62. The van der Waals surface area contributed by atoms with Crippen LogP contribution in [-0.2, 0) is 16.0 Å². The number of carbonyl (C=O) groups excluding carboxylic acids is 1. The molecule has 3 heterocycles. The molecule has 4 heteroatoms. The highest BCUT2D eigenvalue weighted by Crippen LogP contribution is 2.31. The Morgan fingerprint density at radius 3 is 3.05 bits per heavy atom. The van der Waals surface area contributed by atoms with Crippen molar-refractivity contribution in [1.82, 2.24) is 4.90 Å². The zero-order valence-corrected chi connectivity index (χ0v) is 12.7. The van der Waals surface area contributed by atoms with Gasteiger partial charge in [0.15, 0.2) is 0 Å². The van der Waals surface area contributed by atoms with Gasteiger partial charge in [-0.25, -0.2) is 0 Å². The molecule has 110 valence electrons. The van der Waals surface area contributed by atoms with Crippen molar-refractivity contribution < 1.29 is 9.53 Å². The Labute approximate surface area is 124 Å². The van der Waals surface area contributed by atoms with E-state index in [2.05, 4.69) is 4.90 Å². The molecule has 3 rings (SSSR count). The van der Waals surface area contributed by atoms with E-state index in [1.165, 1.54) is 45.2 Å². The summed E-state index contributed by atoms with van der Waals surface area (Å²) in [5.74, 6) is 0.483. The number of thiophene rings is 1. The number of ether oxygens (including phenoxy) is 1. The molecule has 2 aliphatic heterocycles. The molecular formula is C16H23NO2S. The molecule has 20 heavy (non-hydrogen) atoms. The van der Waals surface area contributed by atoms with Crippen LogP contribution in [0.25, 0.3) is 0 Å². The maximum atomic E-state index is 11.9. The third-order valence-corrected chi connectivity index (χ3v) is 5.46. The summed E-state index contributed by atoms with van der Waals surface area (Å²) in [6.45, 7) is 3.10. The second-order valence-corrected chi connectivity index (χ2v) is 6.97. The van der Waals surface area contributed by atoms with Crippen LogP contribution in [0.1, 0.15) is 37.0 Å². The van der Waals surface area contributed by atoms with E-state index in [-0.39, 0.29) is 5.97 Å². The van der Waals surface area contributed by atoms with Crippen LogP contribution in [-0.4, -0.2) is 36.6 Å². The molecule has 0 saturated carbocycles. The van der Waals surface area contributed by atoms with Gasteiger partial charge in [-0.2, -0.15) is 0 Å². The molecule has 1 aromatic heterocycles. The fourth-order valence-corrected chi connectivity index (χ4v) is 4.27. The Balaban J connectivity index is 1.48. The van der Waals surface area contributed by atoms with Crippen LogP contribution < -0.4 is 0 Å². The van der Waals surface area contributed by atoms with E-state index < -0.39 is 0 Å². The Morgan fingerprint density at radius 1 is 1.30 bits per heavy atom. The van der Waals surface area contributed by atoms with Gasteiger partial charge in [0.05, 0.1) is 13.0 Å². The molecule has 2 atom stereocenters. The summed E-state index contributed by atoms with van der Waals surface area (Å²) in [6.07, 6.45) is 6.85. The van der Waals surface area contributed by atoms with Crippen molar-refractivity contribution in [3.8, 4) is 0 Å². The van der Waals surface area contributed by atoms with Gasteiger partial charge in [0.1, 0.15) is 0 Å². The van der Waals surface area contributed by atoms with Gasteiger partial charge in [-0.3, -0.25) is 9.69 Å². The Hall–Kier alpha value is -0.870. The highest BCUT2D eigenvalue weighted by Gasteiger charge is 2.33. The number of esters is 1. The van der Waals surface area contributed by atoms with Crippen molar-refractivity contribution >= 4 is 17.3 Å². The second-order valence-electron chi connectivity index (χ2n) is 5.94. The molecular weight excluding hydrogens is 270 g/mol. The topological polar surface area (TPSA) is 29.5 Å². The molecule has 3 nitrogen and oxygen atoms in total. The first-order valence-corrected chi connectivity index (χ1v) is 8.63. The van der Waals surface area contributed by atoms with Crippen molar-refractivity contribution in [2.75, 3.05) is 19.7 Å². The van der Waals surface area contributed by atoms with Gasteiger partial charge < -0.3 is 4.74 Å². The number of piperidine rings is 2. The number of hydrogen-bond acceptors (Lipinski definition) is 4. The Kier molecular flexibility index (Phi) is 4.73. The van der Waals surface area contributed by atoms with Crippen molar-refractivity contribution in [2.45, 2.75) is 44.6 Å². The number of carbonyl (C=O) groups is 1. The standard InChI is InChI=1S/C16H23NO2S/c18-16(11-14-6-4-10-20-14)19-12-13-5-3-9-17-8-2-1-7-15(13)17/h4,6,10,13,15H,1-3,5,7-9,11-12H2. The average Bonchev–Trinajstić information content (AvgIpc) is 2.98. The quantitative estimate of drug-likeness (QED) is 0.799. The largest absolute Gasteiger partial charge is 0.465 e. The third kappa shape index (κ3) is 3.41. The van der Waals surface area contributed by atoms with E-state index in [0.717, 1.165) is 4.88 Å². The van der Waals surface area contributed by atoms with Crippen LogP contribution in [0, 0.1) is 5.92 Å². The van der Waals surface area contributed by atoms with Crippen LogP contribution in [0.2, 0.25) is 0 Å². The van der Waals surface area contributed by atoms with E-state index in [9.17, 15) is 4.79 Å². The first-order chi connectivity index (χ1) is 9.83. The minimum absolute atomic E-state index is 0.0691. The van der Waals surface area contributed by atoms with Crippen molar-refractivity contribution in [3.63, 3.8) is 0 Å². The minimum atomic E-state index is -0.0691. The van der Waals surface area contributed by atoms with Crippen molar-refractivity contribution in [3.05, 3.63) is 22.4 Å². The number of fused-ring (bicyclic) bond motifs is 1. The summed E-state index contributed by atoms with van der Waals surface area (Å²) < 4.78 is 5.54.